The molecule has 3 aliphatic rings. The van der Waals surface area contributed by atoms with Crippen molar-refractivity contribution in [3.63, 3.8) is 0 Å². The number of hydrogen-bond donors (Lipinski definition) is 7. The number of aliphatic imine (C=N–C) groups is 1. The number of esters is 1. The molecular formula is C17H22N7O6+. The molecule has 30 heavy (non-hydrogen) atoms. The van der Waals surface area contributed by atoms with E-state index in [0.29, 0.717) is 0 Å². The van der Waals surface area contributed by atoms with Gasteiger partial charge in [-0.1, -0.05) is 18.2 Å². The van der Waals surface area contributed by atoms with Crippen LogP contribution in [0.3, 0.4) is 0 Å². The number of carbonyl (C=O) groups excluding carboxylic acids is 2. The Bertz CT molecular complexity index is 936. The number of primary amides is 1. The molecule has 3 heterocycles. The first-order valence-electron chi connectivity index (χ1n) is 9.08. The number of benzene rings is 1. The van der Waals surface area contributed by atoms with Crippen molar-refractivity contribution < 1.29 is 34.3 Å². The van der Waals surface area contributed by atoms with Crippen LogP contribution in [-0.4, -0.2) is 81.9 Å². The van der Waals surface area contributed by atoms with Gasteiger partial charge >= 0.3 is 18.0 Å². The minimum absolute atomic E-state index is 0.0153. The van der Waals surface area contributed by atoms with Gasteiger partial charge < -0.3 is 31.2 Å². The highest BCUT2D eigenvalue weighted by atomic mass is 16.6. The van der Waals surface area contributed by atoms with Gasteiger partial charge in [-0.3, -0.25) is 15.6 Å². The summed E-state index contributed by atoms with van der Waals surface area (Å²) >= 11 is 0. The van der Waals surface area contributed by atoms with Crippen LogP contribution in [0.2, 0.25) is 0 Å². The molecule has 160 valence electrons. The topological polar surface area (TPSA) is 213 Å². The molecule has 1 fully saturated rings. The van der Waals surface area contributed by atoms with Gasteiger partial charge in [0.2, 0.25) is 0 Å². The van der Waals surface area contributed by atoms with Crippen molar-refractivity contribution in [2.24, 2.45) is 22.2 Å². The first-order valence-corrected chi connectivity index (χ1v) is 9.08. The van der Waals surface area contributed by atoms with Gasteiger partial charge in [-0.2, -0.15) is 0 Å². The van der Waals surface area contributed by atoms with Gasteiger partial charge in [-0.05, 0) is 12.1 Å². The average molecular weight is 420 g/mol. The first kappa shape index (κ1) is 19.7. The summed E-state index contributed by atoms with van der Waals surface area (Å²) in [4.78, 5) is 32.0. The Labute approximate surface area is 170 Å². The fourth-order valence-corrected chi connectivity index (χ4v) is 4.18. The second kappa shape index (κ2) is 6.74. The lowest BCUT2D eigenvalue weighted by Gasteiger charge is -2.45. The van der Waals surface area contributed by atoms with E-state index in [2.05, 4.69) is 15.3 Å². The number of amides is 1. The zero-order valence-corrected chi connectivity index (χ0v) is 15.7. The van der Waals surface area contributed by atoms with E-state index in [1.807, 2.05) is 0 Å². The number of hydrogen-bond acceptors (Lipinski definition) is 11. The molecule has 3 aliphatic heterocycles. The summed E-state index contributed by atoms with van der Waals surface area (Å²) in [5.41, 5.74) is 15.5. The van der Waals surface area contributed by atoms with Gasteiger partial charge in [-0.15, -0.1) is 0 Å². The van der Waals surface area contributed by atoms with E-state index in [1.54, 1.807) is 18.2 Å². The van der Waals surface area contributed by atoms with E-state index in [4.69, 9.17) is 26.7 Å². The van der Waals surface area contributed by atoms with E-state index < -0.39 is 41.7 Å². The summed E-state index contributed by atoms with van der Waals surface area (Å²) in [5.74, 6) is -3.46. The summed E-state index contributed by atoms with van der Waals surface area (Å²) < 4.78 is 10.2. The largest absolute Gasteiger partial charge is 0.451 e. The highest BCUT2D eigenvalue weighted by molar-refractivity contribution is 5.90. The number of ether oxygens (including phenoxy) is 2. The number of guanidine groups is 2. The molecule has 10 N–H and O–H groups in total. The lowest BCUT2D eigenvalue weighted by atomic mass is 9.86. The van der Waals surface area contributed by atoms with Crippen molar-refractivity contribution in [1.82, 2.24) is 10.2 Å². The summed E-state index contributed by atoms with van der Waals surface area (Å²) in [5, 5.41) is 25.1. The van der Waals surface area contributed by atoms with Crippen LogP contribution in [0.1, 0.15) is 10.4 Å². The SMILES string of the molecule is NC(=O)OC[C@@H]1N=C(N)N2C[C@H](OC(=O)c3ccccc3)C(O)(O)[C@@]23NC(N)=[NH+][C@@H]13. The molecular weight excluding hydrogens is 398 g/mol. The number of nitrogens with one attached hydrogen (secondary N) is 2. The van der Waals surface area contributed by atoms with Crippen LogP contribution in [0.25, 0.3) is 0 Å². The van der Waals surface area contributed by atoms with Crippen LogP contribution < -0.4 is 27.5 Å². The Kier molecular flexibility index (Phi) is 4.43. The van der Waals surface area contributed by atoms with Crippen LogP contribution in [0, 0.1) is 0 Å². The third-order valence-electron chi connectivity index (χ3n) is 5.48. The minimum atomic E-state index is -2.65. The third kappa shape index (κ3) is 2.78. The average Bonchev–Trinajstić information content (AvgIpc) is 3.16. The van der Waals surface area contributed by atoms with Gasteiger partial charge in [0.05, 0.1) is 12.1 Å². The molecule has 0 unspecified atom stereocenters. The van der Waals surface area contributed by atoms with Crippen LogP contribution in [0.5, 0.6) is 0 Å². The maximum atomic E-state index is 12.5. The van der Waals surface area contributed by atoms with Gasteiger partial charge in [0.1, 0.15) is 12.6 Å². The Morgan fingerprint density at radius 2 is 2.00 bits per heavy atom. The summed E-state index contributed by atoms with van der Waals surface area (Å²) in [6.07, 6.45) is -2.43. The Balaban J connectivity index is 1.67. The van der Waals surface area contributed by atoms with Crippen LogP contribution in [0.4, 0.5) is 4.79 Å². The molecule has 4 atom stereocenters. The maximum absolute atomic E-state index is 12.5. The number of nitrogens with zero attached hydrogens (tertiary/aromatic N) is 2. The molecule has 1 aromatic carbocycles. The van der Waals surface area contributed by atoms with E-state index >= 15 is 0 Å². The fourth-order valence-electron chi connectivity index (χ4n) is 4.18. The Hall–Kier alpha value is -3.58. The van der Waals surface area contributed by atoms with Gasteiger partial charge in [0.25, 0.3) is 11.4 Å². The standard InChI is InChI=1S/C17H21N7O6/c18-13-22-11-9(7-29-15(20)26)21-14(19)24-6-10(17(27,28)16(11,24)23-13)30-12(25)8-4-2-1-3-5-8/h1-5,9-11,27-28H,6-7H2,(H2,19,21)(H2,20,26)(H3,18,22,23)/p+1/t9-,10-,11-,16-/m0/s1. The summed E-state index contributed by atoms with van der Waals surface area (Å²) in [7, 11) is 0. The van der Waals surface area contributed by atoms with Crippen LogP contribution in [-0.2, 0) is 9.47 Å². The molecule has 0 saturated carbocycles. The van der Waals surface area contributed by atoms with Crippen molar-refractivity contribution in [2.75, 3.05) is 13.2 Å². The molecule has 0 aliphatic carbocycles. The molecule has 13 nitrogen and oxygen atoms in total. The number of nitrogens with two attached hydrogens (primary N) is 3. The van der Waals surface area contributed by atoms with Gasteiger partial charge in [-0.25, -0.2) is 19.9 Å². The van der Waals surface area contributed by atoms with Crippen molar-refractivity contribution in [3.05, 3.63) is 35.9 Å². The molecule has 1 aromatic rings. The lowest BCUT2D eigenvalue weighted by molar-refractivity contribution is -0.523. The molecule has 13 heteroatoms. The highest BCUT2D eigenvalue weighted by Crippen LogP contribution is 2.42. The van der Waals surface area contributed by atoms with E-state index in [1.165, 1.54) is 17.0 Å². The normalized spacial score (nSPS) is 31.0. The quantitative estimate of drug-likeness (QED) is 0.182. The number of carbonyl (C=O) groups is 2. The third-order valence-corrected chi connectivity index (χ3v) is 5.48. The molecule has 1 amide bonds. The molecule has 0 bridgehead atoms. The van der Waals surface area contributed by atoms with Crippen molar-refractivity contribution in [2.45, 2.75) is 29.6 Å². The van der Waals surface area contributed by atoms with Gasteiger partial charge in [0, 0.05) is 0 Å². The molecule has 1 spiro atoms. The predicted molar refractivity (Wildman–Crippen MR) is 100 cm³/mol. The van der Waals surface area contributed by atoms with E-state index in [-0.39, 0.29) is 30.6 Å². The van der Waals surface area contributed by atoms with E-state index in [0.717, 1.165) is 0 Å². The predicted octanol–water partition coefficient (Wildman–Crippen LogP) is -4.94. The Morgan fingerprint density at radius 3 is 2.67 bits per heavy atom. The summed E-state index contributed by atoms with van der Waals surface area (Å²) in [6.45, 7) is -0.467. The first-order chi connectivity index (χ1) is 14.2. The molecule has 4 rings (SSSR count). The molecule has 0 aromatic heterocycles. The van der Waals surface area contributed by atoms with Gasteiger partial charge in [0.15, 0.2) is 18.1 Å². The van der Waals surface area contributed by atoms with E-state index in [9.17, 15) is 19.8 Å². The number of aliphatic hydroxyl groups is 2. The summed E-state index contributed by atoms with van der Waals surface area (Å²) in [6, 6.07) is 6.36. The second-order valence-electron chi connectivity index (χ2n) is 7.21. The van der Waals surface area contributed by atoms with Crippen LogP contribution in [0.15, 0.2) is 35.3 Å². The lowest BCUT2D eigenvalue weighted by Crippen LogP contribution is -2.90. The minimum Gasteiger partial charge on any atom is -0.451 e. The zero-order valence-electron chi connectivity index (χ0n) is 15.7. The maximum Gasteiger partial charge on any atom is 0.404 e. The highest BCUT2D eigenvalue weighted by Gasteiger charge is 2.77. The monoisotopic (exact) mass is 420 g/mol. The smallest absolute Gasteiger partial charge is 0.404 e. The molecule has 1 saturated heterocycles. The van der Waals surface area contributed by atoms with Crippen molar-refractivity contribution in [1.29, 1.82) is 0 Å². The van der Waals surface area contributed by atoms with Crippen molar-refractivity contribution >= 4 is 24.0 Å². The van der Waals surface area contributed by atoms with Crippen molar-refractivity contribution in [3.8, 4) is 0 Å². The Morgan fingerprint density at radius 1 is 1.30 bits per heavy atom. The second-order valence-corrected chi connectivity index (χ2v) is 7.21. The molecule has 0 radical (unpaired) electrons. The zero-order chi connectivity index (χ0) is 21.7. The number of rotatable bonds is 4. The fraction of sp³-hybridized carbons (Fsp3) is 0.412. The van der Waals surface area contributed by atoms with Crippen LogP contribution >= 0.6 is 0 Å².